The molecule has 16 heavy (non-hydrogen) atoms. The molecule has 0 radical (unpaired) electrons. The molecule has 0 aliphatic heterocycles. The molecular formula is C13H21N3. The molecule has 0 spiro atoms. The number of likely N-dealkylation sites (N-methyl/N-ethyl adjacent to an activating group) is 1. The van der Waals surface area contributed by atoms with E-state index in [1.807, 2.05) is 13.1 Å². The summed E-state index contributed by atoms with van der Waals surface area (Å²) in [7, 11) is 2.16. The van der Waals surface area contributed by atoms with E-state index in [2.05, 4.69) is 29.1 Å². The van der Waals surface area contributed by atoms with Crippen molar-refractivity contribution >= 4 is 0 Å². The van der Waals surface area contributed by atoms with Crippen molar-refractivity contribution in [3.05, 3.63) is 29.6 Å². The molecule has 3 nitrogen and oxygen atoms in total. The van der Waals surface area contributed by atoms with Crippen LogP contribution in [0.1, 0.15) is 30.1 Å². The summed E-state index contributed by atoms with van der Waals surface area (Å²) in [5.41, 5.74) is 8.16. The van der Waals surface area contributed by atoms with E-state index in [1.54, 1.807) is 0 Å². The molecule has 1 heterocycles. The van der Waals surface area contributed by atoms with E-state index in [-0.39, 0.29) is 0 Å². The first-order chi connectivity index (χ1) is 7.70. The lowest BCUT2D eigenvalue weighted by Crippen LogP contribution is -2.32. The molecule has 2 rings (SSSR count). The van der Waals surface area contributed by atoms with Crippen molar-refractivity contribution in [2.24, 2.45) is 11.7 Å². The van der Waals surface area contributed by atoms with Crippen molar-refractivity contribution in [1.82, 2.24) is 9.88 Å². The van der Waals surface area contributed by atoms with E-state index in [9.17, 15) is 0 Å². The Balaban J connectivity index is 2.04. The zero-order valence-corrected chi connectivity index (χ0v) is 10.2. The number of pyridine rings is 1. The van der Waals surface area contributed by atoms with Gasteiger partial charge in [-0.25, -0.2) is 0 Å². The SMILES string of the molecule is Cc1ccc(C(CN)N(C)CC2CC2)cn1. The topological polar surface area (TPSA) is 42.1 Å². The van der Waals surface area contributed by atoms with Crippen molar-refractivity contribution in [2.45, 2.75) is 25.8 Å². The van der Waals surface area contributed by atoms with Crippen molar-refractivity contribution in [3.63, 3.8) is 0 Å². The van der Waals surface area contributed by atoms with Crippen molar-refractivity contribution in [1.29, 1.82) is 0 Å². The van der Waals surface area contributed by atoms with Gasteiger partial charge in [0.2, 0.25) is 0 Å². The van der Waals surface area contributed by atoms with Gasteiger partial charge in [-0.05, 0) is 44.4 Å². The van der Waals surface area contributed by atoms with E-state index in [4.69, 9.17) is 5.73 Å². The fraction of sp³-hybridized carbons (Fsp3) is 0.615. The Morgan fingerprint density at radius 2 is 2.25 bits per heavy atom. The van der Waals surface area contributed by atoms with Crippen molar-refractivity contribution in [2.75, 3.05) is 20.1 Å². The summed E-state index contributed by atoms with van der Waals surface area (Å²) in [6.07, 6.45) is 4.72. The van der Waals surface area contributed by atoms with Gasteiger partial charge >= 0.3 is 0 Å². The van der Waals surface area contributed by atoms with Crippen LogP contribution >= 0.6 is 0 Å². The first kappa shape index (κ1) is 11.6. The normalized spacial score (nSPS) is 17.8. The van der Waals surface area contributed by atoms with Gasteiger partial charge in [-0.1, -0.05) is 6.07 Å². The van der Waals surface area contributed by atoms with Crippen LogP contribution in [-0.2, 0) is 0 Å². The maximum Gasteiger partial charge on any atom is 0.0482 e. The molecule has 0 bridgehead atoms. The van der Waals surface area contributed by atoms with E-state index < -0.39 is 0 Å². The number of nitrogens with zero attached hydrogens (tertiary/aromatic N) is 2. The summed E-state index contributed by atoms with van der Waals surface area (Å²) in [6.45, 7) is 3.83. The molecular weight excluding hydrogens is 198 g/mol. The fourth-order valence-electron chi connectivity index (χ4n) is 2.08. The molecule has 1 atom stereocenters. The third-order valence-electron chi connectivity index (χ3n) is 3.32. The van der Waals surface area contributed by atoms with Gasteiger partial charge in [0.25, 0.3) is 0 Å². The van der Waals surface area contributed by atoms with Gasteiger partial charge in [0, 0.05) is 31.0 Å². The number of aromatic nitrogens is 1. The Morgan fingerprint density at radius 1 is 1.50 bits per heavy atom. The second-order valence-corrected chi connectivity index (χ2v) is 4.87. The molecule has 2 N–H and O–H groups in total. The minimum atomic E-state index is 0.314. The number of rotatable bonds is 5. The number of nitrogens with two attached hydrogens (primary N) is 1. The third kappa shape index (κ3) is 2.80. The van der Waals surface area contributed by atoms with E-state index in [0.29, 0.717) is 12.6 Å². The van der Waals surface area contributed by atoms with Gasteiger partial charge in [0.15, 0.2) is 0 Å². The zero-order chi connectivity index (χ0) is 11.5. The third-order valence-corrected chi connectivity index (χ3v) is 3.32. The summed E-state index contributed by atoms with van der Waals surface area (Å²) < 4.78 is 0. The maximum atomic E-state index is 5.87. The first-order valence-electron chi connectivity index (χ1n) is 6.03. The summed E-state index contributed by atoms with van der Waals surface area (Å²) in [5, 5.41) is 0. The molecule has 0 saturated heterocycles. The van der Waals surface area contributed by atoms with Crippen LogP contribution in [0.2, 0.25) is 0 Å². The summed E-state index contributed by atoms with van der Waals surface area (Å²) in [6, 6.07) is 4.51. The molecule has 88 valence electrons. The monoisotopic (exact) mass is 219 g/mol. The van der Waals surface area contributed by atoms with Crippen LogP contribution in [0.5, 0.6) is 0 Å². The Hall–Kier alpha value is -0.930. The lowest BCUT2D eigenvalue weighted by Gasteiger charge is -2.27. The minimum absolute atomic E-state index is 0.314. The number of hydrogen-bond donors (Lipinski definition) is 1. The number of hydrogen-bond acceptors (Lipinski definition) is 3. The van der Waals surface area contributed by atoms with E-state index in [1.165, 1.54) is 18.4 Å². The van der Waals surface area contributed by atoms with Crippen LogP contribution in [0.3, 0.4) is 0 Å². The lowest BCUT2D eigenvalue weighted by atomic mass is 10.1. The van der Waals surface area contributed by atoms with Gasteiger partial charge in [0.1, 0.15) is 0 Å². The zero-order valence-electron chi connectivity index (χ0n) is 10.2. The standard InChI is InChI=1S/C13H21N3/c1-10-3-6-12(8-15-10)13(7-14)16(2)9-11-4-5-11/h3,6,8,11,13H,4-5,7,9,14H2,1-2H3. The lowest BCUT2D eigenvalue weighted by molar-refractivity contribution is 0.240. The molecule has 0 aromatic carbocycles. The smallest absolute Gasteiger partial charge is 0.0482 e. The highest BCUT2D eigenvalue weighted by Crippen LogP contribution is 2.31. The van der Waals surface area contributed by atoms with Crippen LogP contribution in [0, 0.1) is 12.8 Å². The van der Waals surface area contributed by atoms with Crippen LogP contribution in [0.4, 0.5) is 0 Å². The molecule has 1 unspecified atom stereocenters. The average molecular weight is 219 g/mol. The van der Waals surface area contributed by atoms with Crippen molar-refractivity contribution < 1.29 is 0 Å². The van der Waals surface area contributed by atoms with E-state index in [0.717, 1.165) is 18.2 Å². The molecule has 3 heteroatoms. The number of aryl methyl sites for hydroxylation is 1. The van der Waals surface area contributed by atoms with Gasteiger partial charge in [0.05, 0.1) is 0 Å². The Kier molecular flexibility index (Phi) is 3.56. The Morgan fingerprint density at radius 3 is 2.75 bits per heavy atom. The van der Waals surface area contributed by atoms with Gasteiger partial charge in [-0.3, -0.25) is 9.88 Å². The Labute approximate surface area is 97.7 Å². The van der Waals surface area contributed by atoms with Crippen LogP contribution < -0.4 is 5.73 Å². The molecule has 1 aliphatic carbocycles. The Bertz CT molecular complexity index is 330. The molecule has 0 amide bonds. The van der Waals surface area contributed by atoms with Gasteiger partial charge < -0.3 is 5.73 Å². The van der Waals surface area contributed by atoms with Crippen LogP contribution in [0.25, 0.3) is 0 Å². The second-order valence-electron chi connectivity index (χ2n) is 4.87. The van der Waals surface area contributed by atoms with Gasteiger partial charge in [-0.2, -0.15) is 0 Å². The highest BCUT2D eigenvalue weighted by atomic mass is 15.1. The highest BCUT2D eigenvalue weighted by molar-refractivity contribution is 5.17. The molecule has 1 aromatic heterocycles. The fourth-order valence-corrected chi connectivity index (χ4v) is 2.08. The predicted octanol–water partition coefficient (Wildman–Crippen LogP) is 1.73. The first-order valence-corrected chi connectivity index (χ1v) is 6.03. The van der Waals surface area contributed by atoms with Gasteiger partial charge in [-0.15, -0.1) is 0 Å². The highest BCUT2D eigenvalue weighted by Gasteiger charge is 2.26. The largest absolute Gasteiger partial charge is 0.329 e. The quantitative estimate of drug-likeness (QED) is 0.820. The van der Waals surface area contributed by atoms with Crippen LogP contribution in [0.15, 0.2) is 18.3 Å². The predicted molar refractivity (Wildman–Crippen MR) is 66.1 cm³/mol. The second kappa shape index (κ2) is 4.93. The van der Waals surface area contributed by atoms with Crippen LogP contribution in [-0.4, -0.2) is 30.0 Å². The van der Waals surface area contributed by atoms with E-state index >= 15 is 0 Å². The molecule has 1 saturated carbocycles. The maximum absolute atomic E-state index is 5.87. The van der Waals surface area contributed by atoms with Crippen molar-refractivity contribution in [3.8, 4) is 0 Å². The summed E-state index contributed by atoms with van der Waals surface area (Å²) >= 11 is 0. The minimum Gasteiger partial charge on any atom is -0.329 e. The molecule has 1 aliphatic rings. The average Bonchev–Trinajstić information content (AvgIpc) is 3.06. The molecule has 1 aromatic rings. The molecule has 1 fully saturated rings. The summed E-state index contributed by atoms with van der Waals surface area (Å²) in [4.78, 5) is 6.71. The summed E-state index contributed by atoms with van der Waals surface area (Å²) in [5.74, 6) is 0.900.